The highest BCUT2D eigenvalue weighted by molar-refractivity contribution is 14.0. The third kappa shape index (κ3) is 6.81. The molecule has 174 valence electrons. The van der Waals surface area contributed by atoms with E-state index in [1.807, 2.05) is 0 Å². The molecule has 31 heavy (non-hydrogen) atoms. The number of benzene rings is 1. The van der Waals surface area contributed by atoms with Gasteiger partial charge in [-0.15, -0.1) is 24.0 Å². The normalized spacial score (nSPS) is 22.5. The number of nitrogens with one attached hydrogen (secondary N) is 1. The Morgan fingerprint density at radius 2 is 1.71 bits per heavy atom. The van der Waals surface area contributed by atoms with Gasteiger partial charge in [0, 0.05) is 39.3 Å². The van der Waals surface area contributed by atoms with Crippen LogP contribution < -0.4 is 5.32 Å². The highest BCUT2D eigenvalue weighted by Gasteiger charge is 2.39. The summed E-state index contributed by atoms with van der Waals surface area (Å²) >= 11 is 0. The van der Waals surface area contributed by atoms with E-state index >= 15 is 0 Å². The lowest BCUT2D eigenvalue weighted by Gasteiger charge is -2.33. The molecule has 3 fully saturated rings. The minimum Gasteiger partial charge on any atom is -0.393 e. The van der Waals surface area contributed by atoms with Crippen molar-refractivity contribution in [3.8, 4) is 0 Å². The predicted molar refractivity (Wildman–Crippen MR) is 139 cm³/mol. The molecule has 0 bridgehead atoms. The minimum atomic E-state index is -0.101. The Bertz CT molecular complexity index is 694. The van der Waals surface area contributed by atoms with Crippen molar-refractivity contribution < 1.29 is 5.11 Å². The van der Waals surface area contributed by atoms with Crippen molar-refractivity contribution in [3.05, 3.63) is 35.4 Å². The summed E-state index contributed by atoms with van der Waals surface area (Å²) < 4.78 is 0. The van der Waals surface area contributed by atoms with Crippen LogP contribution in [0.3, 0.4) is 0 Å². The molecule has 1 aliphatic carbocycles. The van der Waals surface area contributed by atoms with Crippen molar-refractivity contribution in [3.63, 3.8) is 0 Å². The molecule has 6 heteroatoms. The number of piperidine rings is 1. The smallest absolute Gasteiger partial charge is 0.194 e. The summed E-state index contributed by atoms with van der Waals surface area (Å²) in [4.78, 5) is 9.94. The molecule has 2 heterocycles. The minimum absolute atomic E-state index is 0. The zero-order valence-electron chi connectivity index (χ0n) is 19.2. The molecule has 0 aromatic heterocycles. The highest BCUT2D eigenvalue weighted by atomic mass is 127. The first kappa shape index (κ1) is 24.8. The molecule has 0 atom stereocenters. The second-order valence-corrected chi connectivity index (χ2v) is 9.73. The quantitative estimate of drug-likeness (QED) is 0.331. The van der Waals surface area contributed by atoms with Crippen LogP contribution >= 0.6 is 24.0 Å². The molecular weight excluding hydrogens is 499 g/mol. The Morgan fingerprint density at radius 1 is 1.03 bits per heavy atom. The number of likely N-dealkylation sites (tertiary alicyclic amines) is 2. The van der Waals surface area contributed by atoms with E-state index in [1.54, 1.807) is 0 Å². The topological polar surface area (TPSA) is 51.1 Å². The number of hydrogen-bond donors (Lipinski definition) is 2. The van der Waals surface area contributed by atoms with Crippen LogP contribution in [-0.2, 0) is 13.1 Å². The first-order chi connectivity index (χ1) is 14.7. The van der Waals surface area contributed by atoms with Crippen LogP contribution in [0.2, 0.25) is 0 Å². The van der Waals surface area contributed by atoms with Crippen LogP contribution in [0.1, 0.15) is 69.4 Å². The zero-order chi connectivity index (χ0) is 20.8. The second-order valence-electron chi connectivity index (χ2n) is 9.73. The maximum absolute atomic E-state index is 9.67. The third-order valence-corrected chi connectivity index (χ3v) is 7.38. The predicted octanol–water partition coefficient (Wildman–Crippen LogP) is 4.38. The number of aliphatic imine (C=N–C) groups is 1. The molecular formula is C25H41IN4O. The SMILES string of the molecule is CCNC(=NCc1ccc(CN2CCC(O)CC2)cc1)N1CCC2(CCCCC2)C1.I. The number of rotatable bonds is 5. The van der Waals surface area contributed by atoms with E-state index in [1.165, 1.54) is 56.2 Å². The summed E-state index contributed by atoms with van der Waals surface area (Å²) in [5.74, 6) is 1.09. The van der Waals surface area contributed by atoms with Crippen molar-refractivity contribution in [2.45, 2.75) is 77.5 Å². The molecule has 5 nitrogen and oxygen atoms in total. The fraction of sp³-hybridized carbons (Fsp3) is 0.720. The Kier molecular flexibility index (Phi) is 9.47. The van der Waals surface area contributed by atoms with Gasteiger partial charge in [0.05, 0.1) is 12.6 Å². The number of guanidine groups is 1. The first-order valence-corrected chi connectivity index (χ1v) is 12.2. The number of aliphatic hydroxyl groups is 1. The molecule has 1 aromatic carbocycles. The van der Waals surface area contributed by atoms with E-state index < -0.39 is 0 Å². The van der Waals surface area contributed by atoms with Gasteiger partial charge in [0.25, 0.3) is 0 Å². The lowest BCUT2D eigenvalue weighted by molar-refractivity contribution is 0.0792. The summed E-state index contributed by atoms with van der Waals surface area (Å²) in [6, 6.07) is 8.95. The largest absolute Gasteiger partial charge is 0.393 e. The number of nitrogens with zero attached hydrogens (tertiary/aromatic N) is 3. The highest BCUT2D eigenvalue weighted by Crippen LogP contribution is 2.43. The maximum atomic E-state index is 9.67. The van der Waals surface area contributed by atoms with Gasteiger partial charge < -0.3 is 15.3 Å². The molecule has 0 unspecified atom stereocenters. The van der Waals surface area contributed by atoms with Gasteiger partial charge in [-0.1, -0.05) is 43.5 Å². The van der Waals surface area contributed by atoms with Crippen molar-refractivity contribution in [2.75, 3.05) is 32.7 Å². The Balaban J connectivity index is 0.00000272. The number of hydrogen-bond acceptors (Lipinski definition) is 3. The molecule has 0 radical (unpaired) electrons. The molecule has 1 aromatic rings. The average Bonchev–Trinajstić information content (AvgIpc) is 3.17. The molecule has 2 aliphatic heterocycles. The first-order valence-electron chi connectivity index (χ1n) is 12.2. The molecule has 2 N–H and O–H groups in total. The van der Waals surface area contributed by atoms with E-state index in [0.29, 0.717) is 5.41 Å². The number of halogens is 1. The molecule has 4 rings (SSSR count). The van der Waals surface area contributed by atoms with Gasteiger partial charge in [-0.2, -0.15) is 0 Å². The second kappa shape index (κ2) is 11.8. The van der Waals surface area contributed by atoms with Crippen molar-refractivity contribution in [1.29, 1.82) is 0 Å². The third-order valence-electron chi connectivity index (χ3n) is 7.38. The van der Waals surface area contributed by atoms with Crippen LogP contribution in [0.15, 0.2) is 29.3 Å². The zero-order valence-corrected chi connectivity index (χ0v) is 21.5. The van der Waals surface area contributed by atoms with Crippen molar-refractivity contribution in [1.82, 2.24) is 15.1 Å². The average molecular weight is 541 g/mol. The molecule has 2 saturated heterocycles. The van der Waals surface area contributed by atoms with Crippen LogP contribution in [0, 0.1) is 5.41 Å². The van der Waals surface area contributed by atoms with Gasteiger partial charge in [-0.25, -0.2) is 4.99 Å². The monoisotopic (exact) mass is 540 g/mol. The van der Waals surface area contributed by atoms with E-state index in [0.717, 1.165) is 58.1 Å². The van der Waals surface area contributed by atoms with Gasteiger partial charge in [0.2, 0.25) is 0 Å². The standard InChI is InChI=1S/C25H40N4O.HI/c1-2-26-24(29-17-14-25(20-29)12-4-3-5-13-25)27-18-21-6-8-22(9-7-21)19-28-15-10-23(30)11-16-28;/h6-9,23,30H,2-5,10-20H2,1H3,(H,26,27);1H. The van der Waals surface area contributed by atoms with Gasteiger partial charge in [-0.05, 0) is 55.6 Å². The fourth-order valence-corrected chi connectivity index (χ4v) is 5.50. The Hall–Kier alpha value is -0.860. The van der Waals surface area contributed by atoms with E-state index in [-0.39, 0.29) is 30.1 Å². The van der Waals surface area contributed by atoms with Gasteiger partial charge in [-0.3, -0.25) is 4.90 Å². The van der Waals surface area contributed by atoms with Crippen LogP contribution in [-0.4, -0.2) is 59.7 Å². The van der Waals surface area contributed by atoms with Gasteiger partial charge in [0.1, 0.15) is 0 Å². The lowest BCUT2D eigenvalue weighted by atomic mass is 9.73. The molecule has 3 aliphatic rings. The summed E-state index contributed by atoms with van der Waals surface area (Å²) in [5.41, 5.74) is 3.18. The molecule has 1 saturated carbocycles. The Morgan fingerprint density at radius 3 is 2.39 bits per heavy atom. The Labute approximate surface area is 205 Å². The maximum Gasteiger partial charge on any atom is 0.194 e. The summed E-state index contributed by atoms with van der Waals surface area (Å²) in [5, 5.41) is 13.2. The van der Waals surface area contributed by atoms with Crippen LogP contribution in [0.25, 0.3) is 0 Å². The fourth-order valence-electron chi connectivity index (χ4n) is 5.50. The summed E-state index contributed by atoms with van der Waals surface area (Å²) in [6.45, 7) is 9.13. The van der Waals surface area contributed by atoms with Gasteiger partial charge in [0.15, 0.2) is 5.96 Å². The molecule has 0 amide bonds. The summed E-state index contributed by atoms with van der Waals surface area (Å²) in [7, 11) is 0. The number of aliphatic hydroxyl groups excluding tert-OH is 1. The van der Waals surface area contributed by atoms with E-state index in [2.05, 4.69) is 46.3 Å². The van der Waals surface area contributed by atoms with Gasteiger partial charge >= 0.3 is 0 Å². The lowest BCUT2D eigenvalue weighted by Crippen LogP contribution is -2.41. The van der Waals surface area contributed by atoms with E-state index in [4.69, 9.17) is 4.99 Å². The molecule has 1 spiro atoms. The van der Waals surface area contributed by atoms with E-state index in [9.17, 15) is 5.11 Å². The van der Waals surface area contributed by atoms with Crippen LogP contribution in [0.5, 0.6) is 0 Å². The summed E-state index contributed by atoms with van der Waals surface area (Å²) in [6.07, 6.45) is 10.1. The van der Waals surface area contributed by atoms with Crippen LogP contribution in [0.4, 0.5) is 0 Å². The van der Waals surface area contributed by atoms with Crippen molar-refractivity contribution in [2.24, 2.45) is 10.4 Å². The van der Waals surface area contributed by atoms with Crippen molar-refractivity contribution >= 4 is 29.9 Å².